The van der Waals surface area contributed by atoms with Gasteiger partial charge in [-0.1, -0.05) is 12.1 Å². The van der Waals surface area contributed by atoms with Crippen LogP contribution in [0.2, 0.25) is 19.6 Å². The fourth-order valence-corrected chi connectivity index (χ4v) is 2.98. The summed E-state index contributed by atoms with van der Waals surface area (Å²) in [6.07, 6.45) is 4.28. The zero-order valence-corrected chi connectivity index (χ0v) is 12.0. The molecule has 1 aliphatic carbocycles. The number of benzene rings is 1. The van der Waals surface area contributed by atoms with Gasteiger partial charge in [0.2, 0.25) is 8.32 Å². The van der Waals surface area contributed by atoms with Crippen LogP contribution in [0.15, 0.2) is 24.3 Å². The van der Waals surface area contributed by atoms with Crippen LogP contribution in [-0.4, -0.2) is 15.4 Å². The van der Waals surface area contributed by atoms with Crippen molar-refractivity contribution in [2.75, 3.05) is 7.11 Å². The molecule has 0 spiro atoms. The molecule has 17 heavy (non-hydrogen) atoms. The normalized spacial score (nSPS) is 14.9. The van der Waals surface area contributed by atoms with Crippen LogP contribution in [0.1, 0.15) is 17.5 Å². The molecule has 0 N–H and O–H groups in total. The third kappa shape index (κ3) is 2.72. The number of rotatable bonds is 3. The lowest BCUT2D eigenvalue weighted by atomic mass is 9.95. The Kier molecular flexibility index (Phi) is 3.29. The van der Waals surface area contributed by atoms with Gasteiger partial charge in [0.1, 0.15) is 11.5 Å². The second kappa shape index (κ2) is 4.57. The lowest BCUT2D eigenvalue weighted by Gasteiger charge is -2.26. The molecule has 0 saturated carbocycles. The summed E-state index contributed by atoms with van der Waals surface area (Å²) in [5, 5.41) is 0. The summed E-state index contributed by atoms with van der Waals surface area (Å²) in [5.41, 5.74) is 2.49. The van der Waals surface area contributed by atoms with Gasteiger partial charge >= 0.3 is 0 Å². The quantitative estimate of drug-likeness (QED) is 0.757. The molecule has 0 aliphatic heterocycles. The molecule has 3 heteroatoms. The zero-order chi connectivity index (χ0) is 12.5. The summed E-state index contributed by atoms with van der Waals surface area (Å²) >= 11 is 0. The van der Waals surface area contributed by atoms with Crippen LogP contribution in [0.4, 0.5) is 0 Å². The summed E-state index contributed by atoms with van der Waals surface area (Å²) in [6, 6.07) is 6.18. The summed E-state index contributed by atoms with van der Waals surface area (Å²) in [6.45, 7) is 6.63. The SMILES string of the molecule is COc1cccc2c1CCC=C2O[Si](C)(C)C. The first-order chi connectivity index (χ1) is 8.01. The van der Waals surface area contributed by atoms with Gasteiger partial charge in [0.25, 0.3) is 0 Å². The van der Waals surface area contributed by atoms with Crippen LogP contribution in [0.3, 0.4) is 0 Å². The molecule has 2 rings (SSSR count). The van der Waals surface area contributed by atoms with E-state index in [1.165, 1.54) is 11.1 Å². The second-order valence-electron chi connectivity index (χ2n) is 5.31. The van der Waals surface area contributed by atoms with E-state index >= 15 is 0 Å². The molecule has 0 saturated heterocycles. The Bertz CT molecular complexity index is 444. The van der Waals surface area contributed by atoms with Crippen molar-refractivity contribution in [3.05, 3.63) is 35.4 Å². The van der Waals surface area contributed by atoms with Gasteiger partial charge in [0, 0.05) is 11.1 Å². The van der Waals surface area contributed by atoms with Crippen molar-refractivity contribution in [2.24, 2.45) is 0 Å². The number of allylic oxidation sites excluding steroid dienone is 1. The zero-order valence-electron chi connectivity index (χ0n) is 11.0. The van der Waals surface area contributed by atoms with Gasteiger partial charge in [0.15, 0.2) is 0 Å². The molecule has 0 fully saturated rings. The predicted molar refractivity (Wildman–Crippen MR) is 73.7 cm³/mol. The number of fused-ring (bicyclic) bond motifs is 1. The van der Waals surface area contributed by atoms with E-state index in [1.807, 2.05) is 12.1 Å². The maximum absolute atomic E-state index is 6.15. The van der Waals surface area contributed by atoms with E-state index in [4.69, 9.17) is 9.16 Å². The molecule has 1 aromatic carbocycles. The highest BCUT2D eigenvalue weighted by atomic mass is 28.4. The Morgan fingerprint density at radius 1 is 1.18 bits per heavy atom. The molecule has 1 aliphatic rings. The van der Waals surface area contributed by atoms with Crippen LogP contribution in [-0.2, 0) is 10.8 Å². The Morgan fingerprint density at radius 3 is 2.59 bits per heavy atom. The van der Waals surface area contributed by atoms with E-state index in [-0.39, 0.29) is 0 Å². The van der Waals surface area contributed by atoms with Crippen molar-refractivity contribution in [1.29, 1.82) is 0 Å². The third-order valence-corrected chi connectivity index (χ3v) is 3.59. The van der Waals surface area contributed by atoms with E-state index in [0.717, 1.165) is 24.4 Å². The van der Waals surface area contributed by atoms with Crippen molar-refractivity contribution in [1.82, 2.24) is 0 Å². The number of hydrogen-bond acceptors (Lipinski definition) is 2. The maximum atomic E-state index is 6.15. The smallest absolute Gasteiger partial charge is 0.242 e. The second-order valence-corrected chi connectivity index (χ2v) is 9.74. The lowest BCUT2D eigenvalue weighted by molar-refractivity contribution is 0.408. The van der Waals surface area contributed by atoms with Crippen LogP contribution < -0.4 is 4.74 Å². The Morgan fingerprint density at radius 2 is 1.94 bits per heavy atom. The number of methoxy groups -OCH3 is 1. The van der Waals surface area contributed by atoms with E-state index < -0.39 is 8.32 Å². The van der Waals surface area contributed by atoms with Crippen molar-refractivity contribution in [3.63, 3.8) is 0 Å². The summed E-state index contributed by atoms with van der Waals surface area (Å²) in [7, 11) is 0.179. The lowest BCUT2D eigenvalue weighted by Crippen LogP contribution is -2.25. The summed E-state index contributed by atoms with van der Waals surface area (Å²) < 4.78 is 11.6. The fraction of sp³-hybridized carbons (Fsp3) is 0.429. The molecule has 0 atom stereocenters. The summed E-state index contributed by atoms with van der Waals surface area (Å²) in [4.78, 5) is 0. The molecule has 0 amide bonds. The molecular weight excluding hydrogens is 228 g/mol. The predicted octanol–water partition coefficient (Wildman–Crippen LogP) is 3.83. The molecule has 2 nitrogen and oxygen atoms in total. The highest BCUT2D eigenvalue weighted by molar-refractivity contribution is 6.70. The van der Waals surface area contributed by atoms with Gasteiger partial charge in [-0.3, -0.25) is 0 Å². The Labute approximate surface area is 104 Å². The van der Waals surface area contributed by atoms with Crippen LogP contribution in [0, 0.1) is 0 Å². The van der Waals surface area contributed by atoms with E-state index in [1.54, 1.807) is 7.11 Å². The van der Waals surface area contributed by atoms with Gasteiger partial charge in [-0.05, 0) is 44.6 Å². The van der Waals surface area contributed by atoms with Crippen LogP contribution in [0.5, 0.6) is 5.75 Å². The molecule has 92 valence electrons. The van der Waals surface area contributed by atoms with Crippen molar-refractivity contribution >= 4 is 14.1 Å². The minimum atomic E-state index is -1.55. The van der Waals surface area contributed by atoms with Gasteiger partial charge in [-0.15, -0.1) is 0 Å². The molecule has 0 heterocycles. The first kappa shape index (κ1) is 12.2. The molecular formula is C14H20O2Si. The van der Waals surface area contributed by atoms with Gasteiger partial charge in [0.05, 0.1) is 7.11 Å². The fourth-order valence-electron chi connectivity index (χ4n) is 2.13. The number of hydrogen-bond donors (Lipinski definition) is 0. The first-order valence-corrected chi connectivity index (χ1v) is 9.47. The highest BCUT2D eigenvalue weighted by Gasteiger charge is 2.23. The Hall–Kier alpha value is -1.22. The van der Waals surface area contributed by atoms with Crippen LogP contribution >= 0.6 is 0 Å². The monoisotopic (exact) mass is 248 g/mol. The minimum Gasteiger partial charge on any atom is -0.544 e. The van der Waals surface area contributed by atoms with Crippen LogP contribution in [0.25, 0.3) is 5.76 Å². The molecule has 0 aromatic heterocycles. The van der Waals surface area contributed by atoms with E-state index in [9.17, 15) is 0 Å². The first-order valence-electron chi connectivity index (χ1n) is 6.07. The van der Waals surface area contributed by atoms with Crippen molar-refractivity contribution < 1.29 is 9.16 Å². The number of ether oxygens (including phenoxy) is 1. The largest absolute Gasteiger partial charge is 0.544 e. The molecule has 0 radical (unpaired) electrons. The molecule has 0 bridgehead atoms. The topological polar surface area (TPSA) is 18.5 Å². The van der Waals surface area contributed by atoms with Crippen molar-refractivity contribution in [3.8, 4) is 5.75 Å². The maximum Gasteiger partial charge on any atom is 0.242 e. The highest BCUT2D eigenvalue weighted by Crippen LogP contribution is 2.34. The van der Waals surface area contributed by atoms with Gasteiger partial charge < -0.3 is 9.16 Å². The summed E-state index contributed by atoms with van der Waals surface area (Å²) in [5.74, 6) is 2.02. The third-order valence-electron chi connectivity index (χ3n) is 2.76. The average Bonchev–Trinajstić information content (AvgIpc) is 2.27. The van der Waals surface area contributed by atoms with E-state index in [0.29, 0.717) is 0 Å². The van der Waals surface area contributed by atoms with E-state index in [2.05, 4.69) is 31.8 Å². The molecule has 1 aromatic rings. The van der Waals surface area contributed by atoms with Crippen molar-refractivity contribution in [2.45, 2.75) is 32.5 Å². The Balaban J connectivity index is 2.38. The molecule has 0 unspecified atom stereocenters. The minimum absolute atomic E-state index is 0.979. The standard InChI is InChI=1S/C14H20O2Si/c1-15-13-9-5-8-12-11(13)7-6-10-14(12)16-17(2,3)4/h5,8-10H,6-7H2,1-4H3. The average molecular weight is 248 g/mol. The van der Waals surface area contributed by atoms with Gasteiger partial charge in [-0.2, -0.15) is 0 Å². The van der Waals surface area contributed by atoms with Gasteiger partial charge in [-0.25, -0.2) is 0 Å².